The fraction of sp³-hybridized carbons (Fsp3) is 1.00. The van der Waals surface area contributed by atoms with Crippen LogP contribution in [0.15, 0.2) is 0 Å². The largest absolute Gasteiger partial charge is 0.395 e. The molecular weight excluding hydrogens is 164 g/mol. The Balaban J connectivity index is 2.34. The number of aliphatic hydroxyl groups excluding tert-OH is 1. The Morgan fingerprint density at radius 2 is 2.38 bits per heavy atom. The second-order valence-electron chi connectivity index (χ2n) is 3.78. The van der Waals surface area contributed by atoms with Gasteiger partial charge in [0.25, 0.3) is 0 Å². The van der Waals surface area contributed by atoms with Gasteiger partial charge in [-0.05, 0) is 32.5 Å². The number of nitrogens with zero attached hydrogens (tertiary/aromatic N) is 1. The van der Waals surface area contributed by atoms with Crippen LogP contribution in [0.4, 0.5) is 0 Å². The minimum absolute atomic E-state index is 0.288. The molecule has 1 unspecified atom stereocenters. The van der Waals surface area contributed by atoms with Crippen molar-refractivity contribution in [3.63, 3.8) is 0 Å². The van der Waals surface area contributed by atoms with E-state index in [-0.39, 0.29) is 6.61 Å². The van der Waals surface area contributed by atoms with E-state index in [2.05, 4.69) is 17.1 Å². The molecule has 1 heterocycles. The summed E-state index contributed by atoms with van der Waals surface area (Å²) in [6.45, 7) is 6.82. The van der Waals surface area contributed by atoms with Gasteiger partial charge in [0.05, 0.1) is 6.61 Å². The van der Waals surface area contributed by atoms with Crippen molar-refractivity contribution in [1.29, 1.82) is 0 Å². The minimum atomic E-state index is 0.288. The van der Waals surface area contributed by atoms with E-state index in [1.54, 1.807) is 0 Å². The normalized spacial score (nSPS) is 25.8. The molecule has 78 valence electrons. The smallest absolute Gasteiger partial charge is 0.0599 e. The Hall–Kier alpha value is -0.120. The van der Waals surface area contributed by atoms with E-state index in [1.807, 2.05) is 0 Å². The molecule has 0 aromatic heterocycles. The summed E-state index contributed by atoms with van der Waals surface area (Å²) in [7, 11) is 0. The van der Waals surface area contributed by atoms with Crippen LogP contribution in [-0.2, 0) is 0 Å². The van der Waals surface area contributed by atoms with Crippen LogP contribution in [0.25, 0.3) is 0 Å². The Morgan fingerprint density at radius 3 is 3.08 bits per heavy atom. The van der Waals surface area contributed by atoms with Gasteiger partial charge in [-0.1, -0.05) is 13.3 Å². The van der Waals surface area contributed by atoms with Crippen molar-refractivity contribution in [2.24, 2.45) is 0 Å². The molecule has 1 atom stereocenters. The second-order valence-corrected chi connectivity index (χ2v) is 3.78. The zero-order valence-electron chi connectivity index (χ0n) is 8.63. The molecule has 0 aromatic rings. The molecule has 1 rings (SSSR count). The molecule has 0 spiro atoms. The zero-order chi connectivity index (χ0) is 9.52. The molecule has 0 aromatic carbocycles. The lowest BCUT2D eigenvalue weighted by atomic mass is 10.2. The molecule has 1 aliphatic rings. The highest BCUT2D eigenvalue weighted by Crippen LogP contribution is 2.05. The Bertz CT molecular complexity index is 130. The molecule has 2 N–H and O–H groups in total. The summed E-state index contributed by atoms with van der Waals surface area (Å²) >= 11 is 0. The van der Waals surface area contributed by atoms with Crippen molar-refractivity contribution < 1.29 is 5.11 Å². The quantitative estimate of drug-likeness (QED) is 0.669. The van der Waals surface area contributed by atoms with Gasteiger partial charge in [-0.15, -0.1) is 0 Å². The number of nitrogens with one attached hydrogen (secondary N) is 1. The summed E-state index contributed by atoms with van der Waals surface area (Å²) in [5.41, 5.74) is 0. The predicted molar refractivity (Wildman–Crippen MR) is 54.8 cm³/mol. The van der Waals surface area contributed by atoms with E-state index in [4.69, 9.17) is 0 Å². The topological polar surface area (TPSA) is 35.5 Å². The standard InChI is InChI=1S/C10H22N2O/c1-2-3-6-12-7-4-5-11-8-10(12)9-13/h10-11,13H,2-9H2,1H3. The van der Waals surface area contributed by atoms with Crippen LogP contribution < -0.4 is 5.32 Å². The third-order valence-corrected chi connectivity index (χ3v) is 2.70. The van der Waals surface area contributed by atoms with Crippen LogP contribution in [0.1, 0.15) is 26.2 Å². The maximum atomic E-state index is 9.20. The molecule has 0 bridgehead atoms. The lowest BCUT2D eigenvalue weighted by molar-refractivity contribution is 0.130. The molecule has 3 nitrogen and oxygen atoms in total. The molecule has 0 amide bonds. The Labute approximate surface area is 81.1 Å². The van der Waals surface area contributed by atoms with Crippen molar-refractivity contribution in [3.8, 4) is 0 Å². The molecule has 13 heavy (non-hydrogen) atoms. The van der Waals surface area contributed by atoms with Crippen molar-refractivity contribution in [2.75, 3.05) is 32.8 Å². The molecule has 1 aliphatic heterocycles. The third-order valence-electron chi connectivity index (χ3n) is 2.70. The lowest BCUT2D eigenvalue weighted by Gasteiger charge is -2.27. The minimum Gasteiger partial charge on any atom is -0.395 e. The second kappa shape index (κ2) is 6.35. The first-order valence-corrected chi connectivity index (χ1v) is 5.44. The maximum Gasteiger partial charge on any atom is 0.0599 e. The highest BCUT2D eigenvalue weighted by molar-refractivity contribution is 4.76. The summed E-state index contributed by atoms with van der Waals surface area (Å²) in [5, 5.41) is 12.6. The van der Waals surface area contributed by atoms with Crippen LogP contribution in [0, 0.1) is 0 Å². The van der Waals surface area contributed by atoms with Crippen molar-refractivity contribution >= 4 is 0 Å². The summed E-state index contributed by atoms with van der Waals surface area (Å²) in [6, 6.07) is 0.342. The van der Waals surface area contributed by atoms with E-state index in [0.717, 1.165) is 26.2 Å². The molecule has 0 aliphatic carbocycles. The Kier molecular flexibility index (Phi) is 5.35. The SMILES string of the molecule is CCCCN1CCCNCC1CO. The van der Waals surface area contributed by atoms with Gasteiger partial charge in [0, 0.05) is 12.6 Å². The number of unbranched alkanes of at least 4 members (excludes halogenated alkanes) is 1. The monoisotopic (exact) mass is 186 g/mol. The van der Waals surface area contributed by atoms with Crippen LogP contribution in [0.5, 0.6) is 0 Å². The number of hydrogen-bond acceptors (Lipinski definition) is 3. The molecule has 3 heteroatoms. The lowest BCUT2D eigenvalue weighted by Crippen LogP contribution is -2.42. The van der Waals surface area contributed by atoms with Crippen LogP contribution in [0.2, 0.25) is 0 Å². The number of hydrogen-bond donors (Lipinski definition) is 2. The number of aliphatic hydroxyl groups is 1. The number of rotatable bonds is 4. The average Bonchev–Trinajstić information content (AvgIpc) is 2.39. The highest BCUT2D eigenvalue weighted by atomic mass is 16.3. The van der Waals surface area contributed by atoms with Crippen LogP contribution in [-0.4, -0.2) is 48.8 Å². The molecule has 1 fully saturated rings. The first kappa shape index (κ1) is 11.0. The van der Waals surface area contributed by atoms with Gasteiger partial charge in [-0.3, -0.25) is 4.90 Å². The van der Waals surface area contributed by atoms with E-state index < -0.39 is 0 Å². The summed E-state index contributed by atoms with van der Waals surface area (Å²) in [4.78, 5) is 2.42. The van der Waals surface area contributed by atoms with Crippen LogP contribution >= 0.6 is 0 Å². The maximum absolute atomic E-state index is 9.20. The van der Waals surface area contributed by atoms with Crippen molar-refractivity contribution in [1.82, 2.24) is 10.2 Å². The fourth-order valence-electron chi connectivity index (χ4n) is 1.82. The Morgan fingerprint density at radius 1 is 1.54 bits per heavy atom. The fourth-order valence-corrected chi connectivity index (χ4v) is 1.82. The predicted octanol–water partition coefficient (Wildman–Crippen LogP) is 0.443. The van der Waals surface area contributed by atoms with E-state index in [0.29, 0.717) is 6.04 Å². The highest BCUT2D eigenvalue weighted by Gasteiger charge is 2.18. The van der Waals surface area contributed by atoms with E-state index >= 15 is 0 Å². The van der Waals surface area contributed by atoms with Crippen LogP contribution in [0.3, 0.4) is 0 Å². The van der Waals surface area contributed by atoms with E-state index in [9.17, 15) is 5.11 Å². The van der Waals surface area contributed by atoms with Gasteiger partial charge in [0.15, 0.2) is 0 Å². The van der Waals surface area contributed by atoms with Gasteiger partial charge in [-0.2, -0.15) is 0 Å². The van der Waals surface area contributed by atoms with Crippen molar-refractivity contribution in [3.05, 3.63) is 0 Å². The van der Waals surface area contributed by atoms with Gasteiger partial charge in [0.1, 0.15) is 0 Å². The van der Waals surface area contributed by atoms with Gasteiger partial charge >= 0.3 is 0 Å². The summed E-state index contributed by atoms with van der Waals surface area (Å²) in [6.07, 6.45) is 3.69. The average molecular weight is 186 g/mol. The molecule has 1 saturated heterocycles. The first-order valence-electron chi connectivity index (χ1n) is 5.44. The summed E-state index contributed by atoms with van der Waals surface area (Å²) in [5.74, 6) is 0. The van der Waals surface area contributed by atoms with Crippen molar-refractivity contribution in [2.45, 2.75) is 32.2 Å². The molecular formula is C10H22N2O. The first-order chi connectivity index (χ1) is 6.38. The van der Waals surface area contributed by atoms with Gasteiger partial charge < -0.3 is 10.4 Å². The molecule has 0 saturated carbocycles. The van der Waals surface area contributed by atoms with Gasteiger partial charge in [0.2, 0.25) is 0 Å². The van der Waals surface area contributed by atoms with E-state index in [1.165, 1.54) is 19.3 Å². The zero-order valence-corrected chi connectivity index (χ0v) is 8.63. The third kappa shape index (κ3) is 3.63. The summed E-state index contributed by atoms with van der Waals surface area (Å²) < 4.78 is 0. The van der Waals surface area contributed by atoms with Gasteiger partial charge in [-0.25, -0.2) is 0 Å². The molecule has 0 radical (unpaired) electrons.